The van der Waals surface area contributed by atoms with Gasteiger partial charge in [-0.05, 0) is 24.3 Å². The fourth-order valence-electron chi connectivity index (χ4n) is 1.52. The molecule has 1 atom stereocenters. The van der Waals surface area contributed by atoms with E-state index in [1.165, 1.54) is 0 Å². The van der Waals surface area contributed by atoms with Crippen LogP contribution in [0.3, 0.4) is 0 Å². The molecule has 0 bridgehead atoms. The highest BCUT2D eigenvalue weighted by molar-refractivity contribution is 5.60. The number of hydrogen-bond donors (Lipinski definition) is 0. The Balaban J connectivity index is 2.15. The Hall–Kier alpha value is -1.90. The van der Waals surface area contributed by atoms with Gasteiger partial charge in [0.25, 0.3) is 0 Å². The monoisotopic (exact) mass is 200 g/mol. The molecule has 0 fully saturated rings. The van der Waals surface area contributed by atoms with E-state index in [1.807, 2.05) is 47.3 Å². The van der Waals surface area contributed by atoms with Gasteiger partial charge in [0.2, 0.25) is 0 Å². The molecule has 3 heteroatoms. The predicted octanol–water partition coefficient (Wildman–Crippen LogP) is 1.87. The van der Waals surface area contributed by atoms with Crippen molar-refractivity contribution in [3.05, 3.63) is 54.6 Å². The Labute approximate surface area is 88.4 Å². The molecular formula is C12H12N2O. The molecule has 0 saturated carbocycles. The van der Waals surface area contributed by atoms with Gasteiger partial charge in [-0.25, -0.2) is 0 Å². The minimum Gasteiger partial charge on any atom is -0.353 e. The molecule has 0 aromatic carbocycles. The van der Waals surface area contributed by atoms with Crippen LogP contribution < -0.4 is 0 Å². The standard InChI is InChI=1S/C12H12N2O/c15-10-11(9-14-7-3-4-8-14)12-5-1-2-6-13-12/h1-8,10-11H,9H2. The maximum atomic E-state index is 11.0. The number of rotatable bonds is 4. The molecule has 2 rings (SSSR count). The molecule has 76 valence electrons. The third-order valence-corrected chi connectivity index (χ3v) is 2.31. The van der Waals surface area contributed by atoms with Crippen molar-refractivity contribution in [1.29, 1.82) is 0 Å². The summed E-state index contributed by atoms with van der Waals surface area (Å²) >= 11 is 0. The molecule has 0 radical (unpaired) electrons. The van der Waals surface area contributed by atoms with E-state index in [9.17, 15) is 4.79 Å². The molecule has 3 nitrogen and oxygen atoms in total. The zero-order chi connectivity index (χ0) is 10.5. The first-order chi connectivity index (χ1) is 7.40. The Kier molecular flexibility index (Phi) is 2.93. The summed E-state index contributed by atoms with van der Waals surface area (Å²) in [5, 5.41) is 0. The SMILES string of the molecule is O=CC(Cn1cccc1)c1ccccn1. The highest BCUT2D eigenvalue weighted by Crippen LogP contribution is 2.12. The summed E-state index contributed by atoms with van der Waals surface area (Å²) in [6.45, 7) is 0.646. The Morgan fingerprint density at radius 1 is 1.27 bits per heavy atom. The fourth-order valence-corrected chi connectivity index (χ4v) is 1.52. The summed E-state index contributed by atoms with van der Waals surface area (Å²) in [7, 11) is 0. The van der Waals surface area contributed by atoms with Crippen LogP contribution >= 0.6 is 0 Å². The number of aromatic nitrogens is 2. The maximum Gasteiger partial charge on any atom is 0.130 e. The van der Waals surface area contributed by atoms with E-state index >= 15 is 0 Å². The molecular weight excluding hydrogens is 188 g/mol. The van der Waals surface area contributed by atoms with Gasteiger partial charge in [0.1, 0.15) is 6.29 Å². The zero-order valence-corrected chi connectivity index (χ0v) is 8.28. The second-order valence-corrected chi connectivity index (χ2v) is 3.38. The molecule has 0 aliphatic heterocycles. The topological polar surface area (TPSA) is 34.9 Å². The number of nitrogens with zero attached hydrogens (tertiary/aromatic N) is 2. The van der Waals surface area contributed by atoms with Crippen molar-refractivity contribution in [2.45, 2.75) is 12.5 Å². The van der Waals surface area contributed by atoms with E-state index in [-0.39, 0.29) is 5.92 Å². The average Bonchev–Trinajstić information content (AvgIpc) is 2.80. The molecule has 2 aromatic rings. The van der Waals surface area contributed by atoms with Gasteiger partial charge in [0.15, 0.2) is 0 Å². The van der Waals surface area contributed by atoms with Gasteiger partial charge in [-0.2, -0.15) is 0 Å². The van der Waals surface area contributed by atoms with Crippen LogP contribution in [-0.4, -0.2) is 15.8 Å². The first-order valence-electron chi connectivity index (χ1n) is 4.87. The lowest BCUT2D eigenvalue weighted by Crippen LogP contribution is -2.10. The molecule has 0 aliphatic carbocycles. The van der Waals surface area contributed by atoms with Crippen molar-refractivity contribution < 1.29 is 4.79 Å². The van der Waals surface area contributed by atoms with Crippen molar-refractivity contribution in [3.8, 4) is 0 Å². The molecule has 1 unspecified atom stereocenters. The van der Waals surface area contributed by atoms with Crippen molar-refractivity contribution in [2.24, 2.45) is 0 Å². The lowest BCUT2D eigenvalue weighted by atomic mass is 10.1. The molecule has 0 amide bonds. The molecule has 0 saturated heterocycles. The Morgan fingerprint density at radius 3 is 2.67 bits per heavy atom. The van der Waals surface area contributed by atoms with E-state index in [2.05, 4.69) is 4.98 Å². The van der Waals surface area contributed by atoms with E-state index in [1.54, 1.807) is 6.20 Å². The van der Waals surface area contributed by atoms with Crippen LogP contribution in [0.1, 0.15) is 11.6 Å². The summed E-state index contributed by atoms with van der Waals surface area (Å²) in [6, 6.07) is 9.51. The van der Waals surface area contributed by atoms with Crippen molar-refractivity contribution in [3.63, 3.8) is 0 Å². The van der Waals surface area contributed by atoms with Crippen molar-refractivity contribution in [2.75, 3.05) is 0 Å². The van der Waals surface area contributed by atoms with Crippen LogP contribution in [0.25, 0.3) is 0 Å². The maximum absolute atomic E-state index is 11.0. The largest absolute Gasteiger partial charge is 0.353 e. The second kappa shape index (κ2) is 4.55. The third kappa shape index (κ3) is 2.31. The summed E-state index contributed by atoms with van der Waals surface area (Å²) in [4.78, 5) is 15.2. The van der Waals surface area contributed by atoms with Crippen LogP contribution in [0, 0.1) is 0 Å². The molecule has 0 aliphatic rings. The molecule has 15 heavy (non-hydrogen) atoms. The Morgan fingerprint density at radius 2 is 2.07 bits per heavy atom. The molecule has 0 N–H and O–H groups in total. The lowest BCUT2D eigenvalue weighted by molar-refractivity contribution is -0.109. The van der Waals surface area contributed by atoms with Gasteiger partial charge in [0.05, 0.1) is 11.6 Å². The number of aldehydes is 1. The smallest absolute Gasteiger partial charge is 0.130 e. The highest BCUT2D eigenvalue weighted by atomic mass is 16.1. The average molecular weight is 200 g/mol. The van der Waals surface area contributed by atoms with Crippen LogP contribution in [0.4, 0.5) is 0 Å². The normalized spacial score (nSPS) is 12.3. The van der Waals surface area contributed by atoms with E-state index < -0.39 is 0 Å². The minimum atomic E-state index is -0.168. The second-order valence-electron chi connectivity index (χ2n) is 3.38. The minimum absolute atomic E-state index is 0.168. The fraction of sp³-hybridized carbons (Fsp3) is 0.167. The van der Waals surface area contributed by atoms with Gasteiger partial charge in [-0.15, -0.1) is 0 Å². The van der Waals surface area contributed by atoms with Gasteiger partial charge in [-0.3, -0.25) is 4.98 Å². The van der Waals surface area contributed by atoms with Crippen LogP contribution in [0.15, 0.2) is 48.9 Å². The zero-order valence-electron chi connectivity index (χ0n) is 8.28. The summed E-state index contributed by atoms with van der Waals surface area (Å²) < 4.78 is 1.98. The van der Waals surface area contributed by atoms with Gasteiger partial charge in [0, 0.05) is 25.1 Å². The van der Waals surface area contributed by atoms with Crippen LogP contribution in [-0.2, 0) is 11.3 Å². The molecule has 2 heterocycles. The highest BCUT2D eigenvalue weighted by Gasteiger charge is 2.11. The summed E-state index contributed by atoms with van der Waals surface area (Å²) in [5.74, 6) is -0.168. The Bertz CT molecular complexity index is 408. The van der Waals surface area contributed by atoms with Crippen LogP contribution in [0.2, 0.25) is 0 Å². The number of carbonyl (C=O) groups is 1. The first kappa shape index (κ1) is 9.65. The summed E-state index contributed by atoms with van der Waals surface area (Å²) in [5.41, 5.74) is 0.821. The quantitative estimate of drug-likeness (QED) is 0.706. The number of carbonyl (C=O) groups excluding carboxylic acids is 1. The van der Waals surface area contributed by atoms with Gasteiger partial charge < -0.3 is 9.36 Å². The molecule has 0 spiro atoms. The van der Waals surface area contributed by atoms with E-state index in [0.717, 1.165) is 12.0 Å². The number of pyridine rings is 1. The van der Waals surface area contributed by atoms with E-state index in [0.29, 0.717) is 6.54 Å². The first-order valence-corrected chi connectivity index (χ1v) is 4.87. The van der Waals surface area contributed by atoms with Crippen molar-refractivity contribution in [1.82, 2.24) is 9.55 Å². The van der Waals surface area contributed by atoms with Gasteiger partial charge >= 0.3 is 0 Å². The van der Waals surface area contributed by atoms with E-state index in [4.69, 9.17) is 0 Å². The van der Waals surface area contributed by atoms with Gasteiger partial charge in [-0.1, -0.05) is 6.07 Å². The molecule has 2 aromatic heterocycles. The van der Waals surface area contributed by atoms with Crippen LogP contribution in [0.5, 0.6) is 0 Å². The van der Waals surface area contributed by atoms with Crippen molar-refractivity contribution >= 4 is 6.29 Å². The number of hydrogen-bond acceptors (Lipinski definition) is 2. The third-order valence-electron chi connectivity index (χ3n) is 2.31. The predicted molar refractivity (Wildman–Crippen MR) is 57.5 cm³/mol. The summed E-state index contributed by atoms with van der Waals surface area (Å²) in [6.07, 6.45) is 6.54. The lowest BCUT2D eigenvalue weighted by Gasteiger charge is -2.10.